The number of aryl methyl sites for hydroxylation is 1. The average Bonchev–Trinajstić information content (AvgIpc) is 2.69. The van der Waals surface area contributed by atoms with Crippen LogP contribution >= 0.6 is 0 Å². The first-order chi connectivity index (χ1) is 7.18. The van der Waals surface area contributed by atoms with Crippen molar-refractivity contribution in [2.24, 2.45) is 5.92 Å². The van der Waals surface area contributed by atoms with Crippen molar-refractivity contribution in [3.05, 3.63) is 29.3 Å². The number of rotatable bonds is 2. The van der Waals surface area contributed by atoms with E-state index in [-0.39, 0.29) is 17.5 Å². The quantitative estimate of drug-likeness (QED) is 0.752. The second-order valence-corrected chi connectivity index (χ2v) is 4.37. The van der Waals surface area contributed by atoms with E-state index in [1.54, 1.807) is 12.1 Å². The highest BCUT2D eigenvalue weighted by Gasteiger charge is 2.25. The van der Waals surface area contributed by atoms with E-state index in [1.165, 1.54) is 0 Å². The number of Topliss-reactive ketones (excluding diaryl/α,β-unsaturated/α-hetero) is 1. The third-order valence-corrected chi connectivity index (χ3v) is 3.14. The third kappa shape index (κ3) is 2.04. The lowest BCUT2D eigenvalue weighted by atomic mass is 9.95. The van der Waals surface area contributed by atoms with Gasteiger partial charge in [-0.05, 0) is 37.5 Å². The molecule has 15 heavy (non-hydrogen) atoms. The summed E-state index contributed by atoms with van der Waals surface area (Å²) in [4.78, 5) is 12.0. The number of ketones is 1. The molecule has 1 N–H and O–H groups in total. The van der Waals surface area contributed by atoms with Gasteiger partial charge in [0, 0.05) is 5.92 Å². The lowest BCUT2D eigenvalue weighted by Gasteiger charge is -2.09. The Morgan fingerprint density at radius 2 is 2.00 bits per heavy atom. The molecule has 2 rings (SSSR count). The first-order valence-corrected chi connectivity index (χ1v) is 5.52. The van der Waals surface area contributed by atoms with Gasteiger partial charge in [-0.25, -0.2) is 0 Å². The van der Waals surface area contributed by atoms with Crippen LogP contribution in [0.5, 0.6) is 5.75 Å². The molecule has 0 aliphatic heterocycles. The van der Waals surface area contributed by atoms with Crippen molar-refractivity contribution in [2.45, 2.75) is 32.6 Å². The molecule has 1 aromatic carbocycles. The summed E-state index contributed by atoms with van der Waals surface area (Å²) in [6, 6.07) is 5.27. The summed E-state index contributed by atoms with van der Waals surface area (Å²) in [5.74, 6) is 0.385. The van der Waals surface area contributed by atoms with E-state index in [4.69, 9.17) is 0 Å². The van der Waals surface area contributed by atoms with Crippen LogP contribution in [0.2, 0.25) is 0 Å². The zero-order valence-electron chi connectivity index (χ0n) is 8.99. The summed E-state index contributed by atoms with van der Waals surface area (Å²) < 4.78 is 0. The number of benzene rings is 1. The molecule has 2 nitrogen and oxygen atoms in total. The summed E-state index contributed by atoms with van der Waals surface area (Å²) in [5.41, 5.74) is 1.47. The molecular weight excluding hydrogens is 188 g/mol. The van der Waals surface area contributed by atoms with E-state index in [2.05, 4.69) is 0 Å². The fourth-order valence-corrected chi connectivity index (χ4v) is 2.26. The van der Waals surface area contributed by atoms with Gasteiger partial charge >= 0.3 is 0 Å². The van der Waals surface area contributed by atoms with E-state index in [9.17, 15) is 9.90 Å². The van der Waals surface area contributed by atoms with Crippen molar-refractivity contribution in [3.63, 3.8) is 0 Å². The predicted molar refractivity (Wildman–Crippen MR) is 59.1 cm³/mol. The monoisotopic (exact) mass is 204 g/mol. The summed E-state index contributed by atoms with van der Waals surface area (Å²) in [6.07, 6.45) is 4.24. The number of hydrogen-bond donors (Lipinski definition) is 1. The van der Waals surface area contributed by atoms with Crippen LogP contribution in [0.3, 0.4) is 0 Å². The van der Waals surface area contributed by atoms with Crippen LogP contribution in [0.25, 0.3) is 0 Å². The summed E-state index contributed by atoms with van der Waals surface area (Å²) in [7, 11) is 0. The van der Waals surface area contributed by atoms with Crippen LogP contribution in [0.15, 0.2) is 18.2 Å². The predicted octanol–water partition coefficient (Wildman–Crippen LogP) is 3.07. The van der Waals surface area contributed by atoms with Crippen LogP contribution in [-0.4, -0.2) is 10.9 Å². The summed E-state index contributed by atoms with van der Waals surface area (Å²) >= 11 is 0. The van der Waals surface area contributed by atoms with Gasteiger partial charge in [0.05, 0.1) is 5.56 Å². The lowest BCUT2D eigenvalue weighted by Crippen LogP contribution is -2.11. The minimum absolute atomic E-state index is 0.116. The molecule has 1 aliphatic carbocycles. The molecular formula is C13H16O2. The maximum absolute atomic E-state index is 12.0. The van der Waals surface area contributed by atoms with E-state index >= 15 is 0 Å². The van der Waals surface area contributed by atoms with Crippen LogP contribution in [0.1, 0.15) is 41.6 Å². The molecule has 0 amide bonds. The molecule has 0 radical (unpaired) electrons. The number of phenols is 1. The second-order valence-electron chi connectivity index (χ2n) is 4.37. The Kier molecular flexibility index (Phi) is 2.76. The van der Waals surface area contributed by atoms with E-state index in [0.717, 1.165) is 31.2 Å². The summed E-state index contributed by atoms with van der Waals surface area (Å²) in [5, 5.41) is 9.70. The molecule has 2 heteroatoms. The van der Waals surface area contributed by atoms with E-state index < -0.39 is 0 Å². The number of phenolic OH excluding ortho intramolecular Hbond substituents is 1. The highest BCUT2D eigenvalue weighted by atomic mass is 16.3. The SMILES string of the molecule is Cc1ccc(C(=O)C2CCCC2)c(O)c1. The summed E-state index contributed by atoms with van der Waals surface area (Å²) in [6.45, 7) is 1.91. The highest BCUT2D eigenvalue weighted by molar-refractivity contribution is 6.00. The van der Waals surface area contributed by atoms with Crippen molar-refractivity contribution in [2.75, 3.05) is 0 Å². The Labute approximate surface area is 89.9 Å². The van der Waals surface area contributed by atoms with Crippen LogP contribution < -0.4 is 0 Å². The minimum atomic E-state index is 0.116. The Hall–Kier alpha value is -1.31. The van der Waals surface area contributed by atoms with Gasteiger partial charge in [0.1, 0.15) is 5.75 Å². The van der Waals surface area contributed by atoms with Gasteiger partial charge in [-0.15, -0.1) is 0 Å². The molecule has 1 aliphatic rings. The maximum Gasteiger partial charge on any atom is 0.169 e. The van der Waals surface area contributed by atoms with Crippen molar-refractivity contribution >= 4 is 5.78 Å². The highest BCUT2D eigenvalue weighted by Crippen LogP contribution is 2.31. The van der Waals surface area contributed by atoms with E-state index in [0.29, 0.717) is 5.56 Å². The van der Waals surface area contributed by atoms with Gasteiger partial charge in [-0.1, -0.05) is 18.9 Å². The van der Waals surface area contributed by atoms with Crippen molar-refractivity contribution < 1.29 is 9.90 Å². The second kappa shape index (κ2) is 4.05. The van der Waals surface area contributed by atoms with Crippen LogP contribution in [0, 0.1) is 12.8 Å². The zero-order chi connectivity index (χ0) is 10.8. The van der Waals surface area contributed by atoms with Gasteiger partial charge in [0.25, 0.3) is 0 Å². The Balaban J connectivity index is 2.24. The molecule has 0 unspecified atom stereocenters. The number of hydrogen-bond acceptors (Lipinski definition) is 2. The molecule has 1 fully saturated rings. The maximum atomic E-state index is 12.0. The molecule has 80 valence electrons. The standard InChI is InChI=1S/C13H16O2/c1-9-6-7-11(12(14)8-9)13(15)10-4-2-3-5-10/h6-8,10,14H,2-5H2,1H3. The van der Waals surface area contributed by atoms with Crippen molar-refractivity contribution in [3.8, 4) is 5.75 Å². The zero-order valence-corrected chi connectivity index (χ0v) is 8.99. The van der Waals surface area contributed by atoms with Gasteiger partial charge in [-0.2, -0.15) is 0 Å². The van der Waals surface area contributed by atoms with Gasteiger partial charge < -0.3 is 5.11 Å². The first-order valence-electron chi connectivity index (χ1n) is 5.52. The fourth-order valence-electron chi connectivity index (χ4n) is 2.26. The lowest BCUT2D eigenvalue weighted by molar-refractivity contribution is 0.0920. The minimum Gasteiger partial charge on any atom is -0.507 e. The number of carbonyl (C=O) groups is 1. The van der Waals surface area contributed by atoms with Crippen molar-refractivity contribution in [1.29, 1.82) is 0 Å². The molecule has 1 saturated carbocycles. The topological polar surface area (TPSA) is 37.3 Å². The van der Waals surface area contributed by atoms with Gasteiger partial charge in [0.2, 0.25) is 0 Å². The Morgan fingerprint density at radius 3 is 2.60 bits per heavy atom. The fraction of sp³-hybridized carbons (Fsp3) is 0.462. The number of aromatic hydroxyl groups is 1. The largest absolute Gasteiger partial charge is 0.507 e. The average molecular weight is 204 g/mol. The number of carbonyl (C=O) groups excluding carboxylic acids is 1. The molecule has 0 spiro atoms. The normalized spacial score (nSPS) is 16.9. The molecule has 0 atom stereocenters. The van der Waals surface area contributed by atoms with Crippen molar-refractivity contribution in [1.82, 2.24) is 0 Å². The molecule has 0 heterocycles. The molecule has 0 aromatic heterocycles. The third-order valence-electron chi connectivity index (χ3n) is 3.14. The molecule has 0 saturated heterocycles. The van der Waals surface area contributed by atoms with Crippen LogP contribution in [-0.2, 0) is 0 Å². The smallest absolute Gasteiger partial charge is 0.169 e. The first kappa shape index (κ1) is 10.2. The van der Waals surface area contributed by atoms with Gasteiger partial charge in [0.15, 0.2) is 5.78 Å². The van der Waals surface area contributed by atoms with Crippen LogP contribution in [0.4, 0.5) is 0 Å². The Bertz CT molecular complexity index is 376. The Morgan fingerprint density at radius 1 is 1.33 bits per heavy atom. The van der Waals surface area contributed by atoms with E-state index in [1.807, 2.05) is 13.0 Å². The molecule has 0 bridgehead atoms. The molecule has 1 aromatic rings. The van der Waals surface area contributed by atoms with Gasteiger partial charge in [-0.3, -0.25) is 4.79 Å².